The maximum absolute atomic E-state index is 9.75. The predicted octanol–water partition coefficient (Wildman–Crippen LogP) is 2.91. The summed E-state index contributed by atoms with van der Waals surface area (Å²) >= 11 is 12.5. The lowest BCUT2D eigenvalue weighted by Crippen LogP contribution is -2.37. The van der Waals surface area contributed by atoms with Crippen LogP contribution in [-0.2, 0) is 6.54 Å². The molecular formula is C17H25Cl2N3O. The van der Waals surface area contributed by atoms with Crippen LogP contribution in [0.1, 0.15) is 24.8 Å². The van der Waals surface area contributed by atoms with Crippen molar-refractivity contribution in [3.05, 3.63) is 28.0 Å². The van der Waals surface area contributed by atoms with Gasteiger partial charge in [-0.3, -0.25) is 9.88 Å². The lowest BCUT2D eigenvalue weighted by molar-refractivity contribution is 0.149. The summed E-state index contributed by atoms with van der Waals surface area (Å²) in [6, 6.07) is 0. The van der Waals surface area contributed by atoms with E-state index in [1.165, 1.54) is 32.4 Å². The fourth-order valence-electron chi connectivity index (χ4n) is 3.87. The number of piperidine rings is 1. The maximum Gasteiger partial charge on any atom is 0.0649 e. The van der Waals surface area contributed by atoms with E-state index in [9.17, 15) is 5.11 Å². The summed E-state index contributed by atoms with van der Waals surface area (Å²) in [4.78, 5) is 8.94. The number of aromatic nitrogens is 1. The Morgan fingerprint density at radius 1 is 1.00 bits per heavy atom. The van der Waals surface area contributed by atoms with Gasteiger partial charge < -0.3 is 10.0 Å². The van der Waals surface area contributed by atoms with Crippen LogP contribution in [-0.4, -0.2) is 59.2 Å². The summed E-state index contributed by atoms with van der Waals surface area (Å²) in [6.07, 6.45) is 7.27. The van der Waals surface area contributed by atoms with Crippen LogP contribution in [0.25, 0.3) is 0 Å². The smallest absolute Gasteiger partial charge is 0.0649 e. The highest BCUT2D eigenvalue weighted by Crippen LogP contribution is 2.30. The lowest BCUT2D eigenvalue weighted by atomic mass is 9.95. The summed E-state index contributed by atoms with van der Waals surface area (Å²) in [7, 11) is 0. The molecule has 0 amide bonds. The Kier molecular flexibility index (Phi) is 6.16. The molecule has 0 bridgehead atoms. The Labute approximate surface area is 148 Å². The lowest BCUT2D eigenvalue weighted by Gasteiger charge is -2.30. The van der Waals surface area contributed by atoms with Crippen molar-refractivity contribution >= 4 is 23.2 Å². The number of hydrogen-bond donors (Lipinski definition) is 1. The molecule has 1 N–H and O–H groups in total. The highest BCUT2D eigenvalue weighted by Gasteiger charge is 2.34. The van der Waals surface area contributed by atoms with Crippen LogP contribution in [0.2, 0.25) is 10.0 Å². The number of rotatable bonds is 5. The van der Waals surface area contributed by atoms with Crippen LogP contribution in [0.15, 0.2) is 12.4 Å². The van der Waals surface area contributed by atoms with Gasteiger partial charge >= 0.3 is 0 Å². The van der Waals surface area contributed by atoms with Crippen molar-refractivity contribution in [2.24, 2.45) is 11.8 Å². The molecule has 0 aromatic carbocycles. The van der Waals surface area contributed by atoms with Crippen LogP contribution in [0.3, 0.4) is 0 Å². The van der Waals surface area contributed by atoms with Crippen molar-refractivity contribution in [3.8, 4) is 0 Å². The predicted molar refractivity (Wildman–Crippen MR) is 93.9 cm³/mol. The molecule has 0 spiro atoms. The molecule has 128 valence electrons. The second kappa shape index (κ2) is 8.13. The van der Waals surface area contributed by atoms with Gasteiger partial charge in [-0.1, -0.05) is 29.6 Å². The maximum atomic E-state index is 9.75. The Bertz CT molecular complexity index is 502. The molecule has 2 aliphatic rings. The molecule has 0 aliphatic carbocycles. The van der Waals surface area contributed by atoms with E-state index in [4.69, 9.17) is 23.2 Å². The molecule has 23 heavy (non-hydrogen) atoms. The van der Waals surface area contributed by atoms with E-state index in [2.05, 4.69) is 14.8 Å². The molecule has 1 aromatic heterocycles. The number of likely N-dealkylation sites (tertiary alicyclic amines) is 2. The van der Waals surface area contributed by atoms with Gasteiger partial charge in [-0.05, 0) is 37.8 Å². The largest absolute Gasteiger partial charge is 0.396 e. The Balaban J connectivity index is 1.61. The monoisotopic (exact) mass is 357 g/mol. The van der Waals surface area contributed by atoms with Gasteiger partial charge in [0, 0.05) is 50.7 Å². The summed E-state index contributed by atoms with van der Waals surface area (Å²) < 4.78 is 0. The molecule has 0 radical (unpaired) electrons. The first kappa shape index (κ1) is 17.4. The SMILES string of the molecule is OC[C@H]1CN(Cc2c(Cl)cncc2Cl)C[C@H]1CN1CCCCC1. The minimum Gasteiger partial charge on any atom is -0.396 e. The van der Waals surface area contributed by atoms with Crippen molar-refractivity contribution in [2.75, 3.05) is 39.3 Å². The molecule has 0 saturated carbocycles. The fraction of sp³-hybridized carbons (Fsp3) is 0.706. The van der Waals surface area contributed by atoms with Crippen LogP contribution in [0.5, 0.6) is 0 Å². The van der Waals surface area contributed by atoms with Crippen LogP contribution >= 0.6 is 23.2 Å². The van der Waals surface area contributed by atoms with Crippen LogP contribution in [0, 0.1) is 11.8 Å². The van der Waals surface area contributed by atoms with Crippen molar-refractivity contribution in [1.82, 2.24) is 14.8 Å². The van der Waals surface area contributed by atoms with Gasteiger partial charge in [0.05, 0.1) is 10.0 Å². The molecule has 4 nitrogen and oxygen atoms in total. The zero-order chi connectivity index (χ0) is 16.2. The third-order valence-electron chi connectivity index (χ3n) is 5.16. The van der Waals surface area contributed by atoms with Crippen molar-refractivity contribution in [1.29, 1.82) is 0 Å². The topological polar surface area (TPSA) is 39.6 Å². The molecular weight excluding hydrogens is 333 g/mol. The standard InChI is InChI=1S/C17H25Cl2N3O/c18-16-6-20-7-17(19)15(16)11-22-9-13(14(10-22)12-23)8-21-4-2-1-3-5-21/h6-7,13-14,23H,1-5,8-12H2/t13-,14-/m1/s1. The Morgan fingerprint density at radius 2 is 1.65 bits per heavy atom. The van der Waals surface area contributed by atoms with Gasteiger partial charge in [-0.15, -0.1) is 0 Å². The van der Waals surface area contributed by atoms with Crippen molar-refractivity contribution in [2.45, 2.75) is 25.8 Å². The van der Waals surface area contributed by atoms with Crippen molar-refractivity contribution < 1.29 is 5.11 Å². The van der Waals surface area contributed by atoms with Gasteiger partial charge in [0.25, 0.3) is 0 Å². The zero-order valence-electron chi connectivity index (χ0n) is 13.4. The van der Waals surface area contributed by atoms with E-state index in [-0.39, 0.29) is 6.61 Å². The first-order valence-electron chi connectivity index (χ1n) is 8.51. The number of pyridine rings is 1. The molecule has 6 heteroatoms. The summed E-state index contributed by atoms with van der Waals surface area (Å²) in [5.41, 5.74) is 0.943. The second-order valence-electron chi connectivity index (χ2n) is 6.84. The number of hydrogen-bond acceptors (Lipinski definition) is 4. The quantitative estimate of drug-likeness (QED) is 0.879. The van der Waals surface area contributed by atoms with Crippen molar-refractivity contribution in [3.63, 3.8) is 0 Å². The van der Waals surface area contributed by atoms with Gasteiger partial charge in [-0.2, -0.15) is 0 Å². The normalized spacial score (nSPS) is 26.7. The Hall–Kier alpha value is -0.390. The van der Waals surface area contributed by atoms with E-state index in [0.29, 0.717) is 21.9 Å². The molecule has 2 atom stereocenters. The van der Waals surface area contributed by atoms with E-state index in [1.54, 1.807) is 12.4 Å². The molecule has 3 heterocycles. The van der Waals surface area contributed by atoms with Crippen LogP contribution in [0.4, 0.5) is 0 Å². The minimum atomic E-state index is 0.257. The van der Waals surface area contributed by atoms with E-state index >= 15 is 0 Å². The number of aliphatic hydroxyl groups excluding tert-OH is 1. The molecule has 2 aliphatic heterocycles. The molecule has 3 rings (SSSR count). The second-order valence-corrected chi connectivity index (χ2v) is 7.65. The number of halogens is 2. The highest BCUT2D eigenvalue weighted by molar-refractivity contribution is 6.35. The van der Waals surface area contributed by atoms with E-state index < -0.39 is 0 Å². The molecule has 0 unspecified atom stereocenters. The Morgan fingerprint density at radius 3 is 2.30 bits per heavy atom. The molecule has 1 aromatic rings. The van der Waals surface area contributed by atoms with Gasteiger partial charge in [0.15, 0.2) is 0 Å². The van der Waals surface area contributed by atoms with E-state index in [0.717, 1.165) is 31.7 Å². The highest BCUT2D eigenvalue weighted by atomic mass is 35.5. The fourth-order valence-corrected chi connectivity index (χ4v) is 4.35. The number of aliphatic hydroxyl groups is 1. The van der Waals surface area contributed by atoms with Gasteiger partial charge in [0.1, 0.15) is 0 Å². The zero-order valence-corrected chi connectivity index (χ0v) is 14.9. The van der Waals surface area contributed by atoms with Gasteiger partial charge in [-0.25, -0.2) is 0 Å². The summed E-state index contributed by atoms with van der Waals surface area (Å²) in [5.74, 6) is 0.869. The third kappa shape index (κ3) is 4.37. The van der Waals surface area contributed by atoms with E-state index in [1.807, 2.05) is 0 Å². The first-order valence-corrected chi connectivity index (χ1v) is 9.26. The molecule has 2 fully saturated rings. The van der Waals surface area contributed by atoms with Gasteiger partial charge in [0.2, 0.25) is 0 Å². The average Bonchev–Trinajstić information content (AvgIpc) is 2.94. The summed E-state index contributed by atoms with van der Waals surface area (Å²) in [5, 5.41) is 11.0. The first-order chi connectivity index (χ1) is 11.2. The molecule has 2 saturated heterocycles. The number of nitrogens with zero attached hydrogens (tertiary/aromatic N) is 3. The van der Waals surface area contributed by atoms with Crippen LogP contribution < -0.4 is 0 Å². The average molecular weight is 358 g/mol. The third-order valence-corrected chi connectivity index (χ3v) is 5.81. The minimum absolute atomic E-state index is 0.257. The summed E-state index contributed by atoms with van der Waals surface area (Å²) in [6.45, 7) is 6.40.